The Balaban J connectivity index is 1.90. The fourth-order valence-corrected chi connectivity index (χ4v) is 3.70. The summed E-state index contributed by atoms with van der Waals surface area (Å²) in [6, 6.07) is 3.99. The zero-order chi connectivity index (χ0) is 16.6. The fourth-order valence-electron chi connectivity index (χ4n) is 2.26. The van der Waals surface area contributed by atoms with E-state index in [0.717, 1.165) is 0 Å². The molecule has 0 aliphatic carbocycles. The van der Waals surface area contributed by atoms with Crippen LogP contribution in [-0.2, 0) is 10.0 Å². The number of hydrogen-bond acceptors (Lipinski definition) is 7. The van der Waals surface area contributed by atoms with E-state index in [-0.39, 0.29) is 17.5 Å². The second kappa shape index (κ2) is 5.67. The van der Waals surface area contributed by atoms with Crippen LogP contribution >= 0.6 is 0 Å². The first kappa shape index (κ1) is 15.5. The summed E-state index contributed by atoms with van der Waals surface area (Å²) in [7, 11) is -3.78. The lowest BCUT2D eigenvalue weighted by Gasteiger charge is -2.15. The SMILES string of the molecule is Cc1cc2c(cc1S(=O)(=O)NC(C)c1nccc(N)n1)OCO2. The standard InChI is InChI=1S/C14H16N4O4S/c1-8-5-10-11(22-7-21-10)6-12(8)23(19,20)18-9(2)14-16-4-3-13(15)17-14/h3-6,9,18H,7H2,1-2H3,(H2,15,16,17). The molecule has 1 atom stereocenters. The molecular formula is C14H16N4O4S. The van der Waals surface area contributed by atoms with Crippen molar-refractivity contribution in [2.75, 3.05) is 12.5 Å². The van der Waals surface area contributed by atoms with Gasteiger partial charge in [0.15, 0.2) is 11.5 Å². The Labute approximate surface area is 133 Å². The Morgan fingerprint density at radius 3 is 2.70 bits per heavy atom. The number of benzene rings is 1. The third-order valence-electron chi connectivity index (χ3n) is 3.37. The van der Waals surface area contributed by atoms with Crippen molar-refractivity contribution in [3.8, 4) is 11.5 Å². The zero-order valence-corrected chi connectivity index (χ0v) is 13.4. The molecule has 8 nitrogen and oxygen atoms in total. The van der Waals surface area contributed by atoms with Gasteiger partial charge in [-0.2, -0.15) is 0 Å². The highest BCUT2D eigenvalue weighted by atomic mass is 32.2. The first-order valence-corrected chi connectivity index (χ1v) is 8.36. The summed E-state index contributed by atoms with van der Waals surface area (Å²) < 4.78 is 38.3. The van der Waals surface area contributed by atoms with Gasteiger partial charge < -0.3 is 15.2 Å². The van der Waals surface area contributed by atoms with Gasteiger partial charge in [-0.3, -0.25) is 0 Å². The first-order valence-electron chi connectivity index (χ1n) is 6.88. The molecule has 1 aliphatic rings. The minimum Gasteiger partial charge on any atom is -0.454 e. The minimum absolute atomic E-state index is 0.0826. The lowest BCUT2D eigenvalue weighted by molar-refractivity contribution is 0.174. The highest BCUT2D eigenvalue weighted by molar-refractivity contribution is 7.89. The summed E-state index contributed by atoms with van der Waals surface area (Å²) >= 11 is 0. The van der Waals surface area contributed by atoms with E-state index in [1.54, 1.807) is 19.9 Å². The van der Waals surface area contributed by atoms with Crippen molar-refractivity contribution < 1.29 is 17.9 Å². The van der Waals surface area contributed by atoms with Gasteiger partial charge in [-0.1, -0.05) is 0 Å². The Morgan fingerprint density at radius 2 is 2.00 bits per heavy atom. The number of hydrogen-bond donors (Lipinski definition) is 2. The number of nitrogens with two attached hydrogens (primary N) is 1. The Kier molecular flexibility index (Phi) is 3.82. The van der Waals surface area contributed by atoms with Crippen LogP contribution in [0.3, 0.4) is 0 Å². The second-order valence-corrected chi connectivity index (χ2v) is 6.84. The van der Waals surface area contributed by atoms with E-state index in [2.05, 4.69) is 14.7 Å². The number of rotatable bonds is 4. The molecule has 1 aliphatic heterocycles. The van der Waals surface area contributed by atoms with Crippen LogP contribution < -0.4 is 19.9 Å². The van der Waals surface area contributed by atoms with E-state index in [1.807, 2.05) is 0 Å². The predicted molar refractivity (Wildman–Crippen MR) is 82.5 cm³/mol. The molecule has 0 fully saturated rings. The average molecular weight is 336 g/mol. The highest BCUT2D eigenvalue weighted by Gasteiger charge is 2.25. The predicted octanol–water partition coefficient (Wildman–Crippen LogP) is 1.14. The van der Waals surface area contributed by atoms with Gasteiger partial charge in [0.05, 0.1) is 10.9 Å². The minimum atomic E-state index is -3.78. The lowest BCUT2D eigenvalue weighted by atomic mass is 10.2. The zero-order valence-electron chi connectivity index (χ0n) is 12.6. The summed E-state index contributed by atoms with van der Waals surface area (Å²) in [4.78, 5) is 8.18. The number of ether oxygens (including phenoxy) is 2. The van der Waals surface area contributed by atoms with E-state index in [9.17, 15) is 8.42 Å². The van der Waals surface area contributed by atoms with E-state index in [0.29, 0.717) is 22.9 Å². The average Bonchev–Trinajstić information content (AvgIpc) is 2.93. The number of aromatic nitrogens is 2. The van der Waals surface area contributed by atoms with Crippen molar-refractivity contribution in [1.29, 1.82) is 0 Å². The molecule has 1 aromatic heterocycles. The summed E-state index contributed by atoms with van der Waals surface area (Å²) in [5.74, 6) is 1.52. The van der Waals surface area contributed by atoms with Crippen LogP contribution in [0.5, 0.6) is 11.5 Å². The molecule has 3 N–H and O–H groups in total. The van der Waals surface area contributed by atoms with Gasteiger partial charge >= 0.3 is 0 Å². The maximum atomic E-state index is 12.6. The van der Waals surface area contributed by atoms with Crippen LogP contribution in [-0.4, -0.2) is 25.2 Å². The first-order chi connectivity index (χ1) is 10.9. The fraction of sp³-hybridized carbons (Fsp3) is 0.286. The largest absolute Gasteiger partial charge is 0.454 e. The number of aryl methyl sites for hydroxylation is 1. The van der Waals surface area contributed by atoms with Crippen LogP contribution in [0.15, 0.2) is 29.3 Å². The smallest absolute Gasteiger partial charge is 0.241 e. The number of nitrogens with one attached hydrogen (secondary N) is 1. The van der Waals surface area contributed by atoms with Crippen molar-refractivity contribution in [3.05, 3.63) is 35.8 Å². The van der Waals surface area contributed by atoms with Crippen molar-refractivity contribution in [2.24, 2.45) is 0 Å². The monoisotopic (exact) mass is 336 g/mol. The van der Waals surface area contributed by atoms with E-state index in [4.69, 9.17) is 15.2 Å². The topological polar surface area (TPSA) is 116 Å². The molecule has 0 spiro atoms. The summed E-state index contributed by atoms with van der Waals surface area (Å²) in [6.07, 6.45) is 1.48. The van der Waals surface area contributed by atoms with Gasteiger partial charge in [0, 0.05) is 12.3 Å². The Bertz CT molecular complexity index is 854. The number of anilines is 1. The van der Waals surface area contributed by atoms with E-state index < -0.39 is 16.1 Å². The maximum absolute atomic E-state index is 12.6. The quantitative estimate of drug-likeness (QED) is 0.859. The van der Waals surface area contributed by atoms with Gasteiger partial charge in [-0.15, -0.1) is 0 Å². The molecule has 0 radical (unpaired) electrons. The molecule has 9 heteroatoms. The van der Waals surface area contributed by atoms with Gasteiger partial charge in [-0.25, -0.2) is 23.1 Å². The maximum Gasteiger partial charge on any atom is 0.241 e. The van der Waals surface area contributed by atoms with Crippen LogP contribution in [0.1, 0.15) is 24.4 Å². The molecule has 122 valence electrons. The van der Waals surface area contributed by atoms with Gasteiger partial charge in [-0.05, 0) is 31.5 Å². The highest BCUT2D eigenvalue weighted by Crippen LogP contribution is 2.36. The van der Waals surface area contributed by atoms with Crippen molar-refractivity contribution in [2.45, 2.75) is 24.8 Å². The summed E-state index contributed by atoms with van der Waals surface area (Å²) in [5, 5.41) is 0. The molecule has 0 bridgehead atoms. The molecule has 0 saturated heterocycles. The molecule has 2 heterocycles. The number of nitrogens with zero attached hydrogens (tertiary/aromatic N) is 2. The molecule has 3 rings (SSSR count). The van der Waals surface area contributed by atoms with Crippen LogP contribution in [0.4, 0.5) is 5.82 Å². The third kappa shape index (κ3) is 3.06. The normalized spacial score (nSPS) is 14.7. The Hall–Kier alpha value is -2.39. The summed E-state index contributed by atoms with van der Waals surface area (Å²) in [6.45, 7) is 3.42. The summed E-state index contributed by atoms with van der Waals surface area (Å²) in [5.41, 5.74) is 6.16. The Morgan fingerprint density at radius 1 is 1.30 bits per heavy atom. The number of fused-ring (bicyclic) bond motifs is 1. The van der Waals surface area contributed by atoms with Crippen LogP contribution in [0, 0.1) is 6.92 Å². The van der Waals surface area contributed by atoms with E-state index in [1.165, 1.54) is 18.3 Å². The van der Waals surface area contributed by atoms with Gasteiger partial charge in [0.2, 0.25) is 16.8 Å². The molecule has 0 amide bonds. The molecule has 1 aromatic carbocycles. The lowest BCUT2D eigenvalue weighted by Crippen LogP contribution is -2.28. The molecule has 1 unspecified atom stereocenters. The number of nitrogen functional groups attached to an aromatic ring is 1. The third-order valence-corrected chi connectivity index (χ3v) is 5.06. The van der Waals surface area contributed by atoms with E-state index >= 15 is 0 Å². The van der Waals surface area contributed by atoms with Crippen molar-refractivity contribution >= 4 is 15.8 Å². The van der Waals surface area contributed by atoms with Gasteiger partial charge in [0.25, 0.3) is 0 Å². The molecular weight excluding hydrogens is 320 g/mol. The van der Waals surface area contributed by atoms with Crippen LogP contribution in [0.2, 0.25) is 0 Å². The number of sulfonamides is 1. The molecule has 23 heavy (non-hydrogen) atoms. The van der Waals surface area contributed by atoms with Crippen molar-refractivity contribution in [1.82, 2.24) is 14.7 Å². The van der Waals surface area contributed by atoms with Crippen molar-refractivity contribution in [3.63, 3.8) is 0 Å². The second-order valence-electron chi connectivity index (χ2n) is 5.15. The van der Waals surface area contributed by atoms with Crippen LogP contribution in [0.25, 0.3) is 0 Å². The molecule has 2 aromatic rings. The van der Waals surface area contributed by atoms with Gasteiger partial charge in [0.1, 0.15) is 11.6 Å². The molecule has 0 saturated carbocycles.